The zero-order valence-corrected chi connectivity index (χ0v) is 15.5. The first-order valence-corrected chi connectivity index (χ1v) is 10.3. The van der Waals surface area contributed by atoms with Crippen LogP contribution in [0.15, 0.2) is 58.8 Å². The highest BCUT2D eigenvalue weighted by molar-refractivity contribution is 7.90. The SMILES string of the molecule is CS(=O)(=O)c1ccc(-c2csc(NC(=O)c3ccccc3Cl)n2)cc1. The number of aromatic nitrogens is 1. The number of hydrogen-bond acceptors (Lipinski definition) is 5. The largest absolute Gasteiger partial charge is 0.298 e. The number of nitrogens with one attached hydrogen (secondary N) is 1. The van der Waals surface area contributed by atoms with E-state index >= 15 is 0 Å². The van der Waals surface area contributed by atoms with Crippen LogP contribution < -0.4 is 5.32 Å². The maximum atomic E-state index is 12.2. The molecule has 0 atom stereocenters. The quantitative estimate of drug-likeness (QED) is 0.724. The second-order valence-corrected chi connectivity index (χ2v) is 8.55. The van der Waals surface area contributed by atoms with Gasteiger partial charge in [0.25, 0.3) is 5.91 Å². The molecule has 3 rings (SSSR count). The smallest absolute Gasteiger partial charge is 0.258 e. The van der Waals surface area contributed by atoms with Crippen molar-refractivity contribution in [3.63, 3.8) is 0 Å². The molecule has 0 radical (unpaired) electrons. The summed E-state index contributed by atoms with van der Waals surface area (Å²) in [5.41, 5.74) is 1.79. The van der Waals surface area contributed by atoms with E-state index in [1.807, 2.05) is 0 Å². The van der Waals surface area contributed by atoms with Crippen molar-refractivity contribution >= 4 is 43.8 Å². The topological polar surface area (TPSA) is 76.1 Å². The molecule has 3 aromatic rings. The number of nitrogens with zero attached hydrogens (tertiary/aromatic N) is 1. The predicted molar refractivity (Wildman–Crippen MR) is 100 cm³/mol. The van der Waals surface area contributed by atoms with E-state index in [0.717, 1.165) is 11.8 Å². The molecule has 0 aliphatic rings. The van der Waals surface area contributed by atoms with Crippen molar-refractivity contribution in [3.8, 4) is 11.3 Å². The van der Waals surface area contributed by atoms with Crippen molar-refractivity contribution in [1.82, 2.24) is 4.98 Å². The van der Waals surface area contributed by atoms with Gasteiger partial charge in [-0.2, -0.15) is 0 Å². The normalized spacial score (nSPS) is 11.3. The number of sulfone groups is 1. The molecule has 128 valence electrons. The van der Waals surface area contributed by atoms with Crippen molar-refractivity contribution in [2.24, 2.45) is 0 Å². The Labute approximate surface area is 154 Å². The molecule has 1 amide bonds. The van der Waals surface area contributed by atoms with Gasteiger partial charge in [-0.1, -0.05) is 35.9 Å². The van der Waals surface area contributed by atoms with Crippen molar-refractivity contribution in [2.45, 2.75) is 4.90 Å². The molecule has 0 spiro atoms. The second kappa shape index (κ2) is 6.95. The Kier molecular flexibility index (Phi) is 4.89. The lowest BCUT2D eigenvalue weighted by Gasteiger charge is -2.03. The maximum absolute atomic E-state index is 12.2. The highest BCUT2D eigenvalue weighted by Crippen LogP contribution is 2.26. The first kappa shape index (κ1) is 17.6. The third-order valence-electron chi connectivity index (χ3n) is 3.42. The number of halogens is 1. The molecule has 1 heterocycles. The molecule has 0 aliphatic carbocycles. The average Bonchev–Trinajstić information content (AvgIpc) is 3.03. The Morgan fingerprint density at radius 2 is 1.80 bits per heavy atom. The van der Waals surface area contributed by atoms with Crippen LogP contribution in [0.3, 0.4) is 0 Å². The van der Waals surface area contributed by atoms with Gasteiger partial charge in [-0.05, 0) is 24.3 Å². The Hall–Kier alpha value is -2.22. The number of rotatable bonds is 4. The lowest BCUT2D eigenvalue weighted by molar-refractivity contribution is 0.102. The Balaban J connectivity index is 1.79. The van der Waals surface area contributed by atoms with E-state index in [9.17, 15) is 13.2 Å². The van der Waals surface area contributed by atoms with Gasteiger partial charge in [-0.15, -0.1) is 11.3 Å². The minimum atomic E-state index is -3.23. The molecule has 1 aromatic heterocycles. The summed E-state index contributed by atoms with van der Waals surface area (Å²) >= 11 is 7.29. The summed E-state index contributed by atoms with van der Waals surface area (Å²) in [6.45, 7) is 0. The van der Waals surface area contributed by atoms with Crippen LogP contribution in [0.1, 0.15) is 10.4 Å². The maximum Gasteiger partial charge on any atom is 0.258 e. The van der Waals surface area contributed by atoms with Gasteiger partial charge < -0.3 is 0 Å². The zero-order chi connectivity index (χ0) is 18.0. The van der Waals surface area contributed by atoms with E-state index in [2.05, 4.69) is 10.3 Å². The molecule has 0 saturated carbocycles. The van der Waals surface area contributed by atoms with Crippen molar-refractivity contribution in [3.05, 3.63) is 64.5 Å². The molecule has 2 aromatic carbocycles. The standard InChI is InChI=1S/C17H13ClN2O3S2/c1-25(22,23)12-8-6-11(7-9-12)15-10-24-17(19-15)20-16(21)13-4-2-3-5-14(13)18/h2-10H,1H3,(H,19,20,21). The minimum Gasteiger partial charge on any atom is -0.298 e. The summed E-state index contributed by atoms with van der Waals surface area (Å²) in [7, 11) is -3.23. The molecule has 0 unspecified atom stereocenters. The molecule has 5 nitrogen and oxygen atoms in total. The Morgan fingerprint density at radius 1 is 1.12 bits per heavy atom. The van der Waals surface area contributed by atoms with Gasteiger partial charge in [0.2, 0.25) is 0 Å². The fourth-order valence-electron chi connectivity index (χ4n) is 2.15. The average molecular weight is 393 g/mol. The van der Waals surface area contributed by atoms with Gasteiger partial charge in [0.1, 0.15) is 0 Å². The Morgan fingerprint density at radius 3 is 2.44 bits per heavy atom. The summed E-state index contributed by atoms with van der Waals surface area (Å²) in [5, 5.41) is 5.31. The van der Waals surface area contributed by atoms with Crippen molar-refractivity contribution in [2.75, 3.05) is 11.6 Å². The molecule has 0 bridgehead atoms. The van der Waals surface area contributed by atoms with Crippen molar-refractivity contribution in [1.29, 1.82) is 0 Å². The van der Waals surface area contributed by atoms with Gasteiger partial charge in [0, 0.05) is 17.2 Å². The van der Waals surface area contributed by atoms with Crippen LogP contribution in [-0.2, 0) is 9.84 Å². The van der Waals surface area contributed by atoms with Crippen LogP contribution in [-0.4, -0.2) is 25.6 Å². The molecular formula is C17H13ClN2O3S2. The van der Waals surface area contributed by atoms with Crippen LogP contribution in [0, 0.1) is 0 Å². The monoisotopic (exact) mass is 392 g/mol. The lowest BCUT2D eigenvalue weighted by atomic mass is 10.2. The van der Waals surface area contributed by atoms with Crippen molar-refractivity contribution < 1.29 is 13.2 Å². The number of hydrogen-bond donors (Lipinski definition) is 1. The van der Waals surface area contributed by atoms with Crippen LogP contribution in [0.2, 0.25) is 5.02 Å². The molecule has 8 heteroatoms. The lowest BCUT2D eigenvalue weighted by Crippen LogP contribution is -2.12. The summed E-state index contributed by atoms with van der Waals surface area (Å²) in [4.78, 5) is 16.9. The highest BCUT2D eigenvalue weighted by Gasteiger charge is 2.13. The summed E-state index contributed by atoms with van der Waals surface area (Å²) in [5.74, 6) is -0.334. The van der Waals surface area contributed by atoms with Gasteiger partial charge in [0.05, 0.1) is 21.2 Å². The number of carbonyl (C=O) groups is 1. The fourth-order valence-corrected chi connectivity index (χ4v) is 3.71. The minimum absolute atomic E-state index is 0.249. The molecule has 1 N–H and O–H groups in total. The number of thiazole rings is 1. The molecular weight excluding hydrogens is 380 g/mol. The first-order valence-electron chi connectivity index (χ1n) is 7.16. The third-order valence-corrected chi connectivity index (χ3v) is 5.64. The predicted octanol–water partition coefficient (Wildman–Crippen LogP) is 4.12. The summed E-state index contributed by atoms with van der Waals surface area (Å²) in [6, 6.07) is 13.2. The molecule has 0 aliphatic heterocycles. The summed E-state index contributed by atoms with van der Waals surface area (Å²) in [6.07, 6.45) is 1.16. The molecule has 0 fully saturated rings. The zero-order valence-electron chi connectivity index (χ0n) is 13.1. The number of amides is 1. The third kappa shape index (κ3) is 4.07. The van der Waals surface area contributed by atoms with Gasteiger partial charge in [-0.3, -0.25) is 10.1 Å². The second-order valence-electron chi connectivity index (χ2n) is 5.27. The van der Waals surface area contributed by atoms with Gasteiger partial charge in [-0.25, -0.2) is 13.4 Å². The van der Waals surface area contributed by atoms with Gasteiger partial charge in [0.15, 0.2) is 15.0 Å². The fraction of sp³-hybridized carbons (Fsp3) is 0.0588. The van der Waals surface area contributed by atoms with E-state index < -0.39 is 9.84 Å². The summed E-state index contributed by atoms with van der Waals surface area (Å²) < 4.78 is 23.0. The molecule has 0 saturated heterocycles. The Bertz CT molecular complexity index is 1030. The van der Waals surface area contributed by atoms with E-state index in [0.29, 0.717) is 21.4 Å². The highest BCUT2D eigenvalue weighted by atomic mass is 35.5. The first-order chi connectivity index (χ1) is 11.8. The van der Waals surface area contributed by atoms with Gasteiger partial charge >= 0.3 is 0 Å². The van der Waals surface area contributed by atoms with E-state index in [-0.39, 0.29) is 10.8 Å². The van der Waals surface area contributed by atoms with E-state index in [1.165, 1.54) is 23.5 Å². The van der Waals surface area contributed by atoms with Crippen LogP contribution >= 0.6 is 22.9 Å². The van der Waals surface area contributed by atoms with Crippen LogP contribution in [0.25, 0.3) is 11.3 Å². The van der Waals surface area contributed by atoms with Crippen LogP contribution in [0.5, 0.6) is 0 Å². The number of benzene rings is 2. The van der Waals surface area contributed by atoms with E-state index in [4.69, 9.17) is 11.6 Å². The molecule has 25 heavy (non-hydrogen) atoms. The number of carbonyl (C=O) groups excluding carboxylic acids is 1. The van der Waals surface area contributed by atoms with Crippen LogP contribution in [0.4, 0.5) is 5.13 Å². The number of anilines is 1. The van der Waals surface area contributed by atoms with E-state index in [1.54, 1.807) is 41.8 Å².